The number of pyridine rings is 1. The lowest BCUT2D eigenvalue weighted by Crippen LogP contribution is -2.55. The molecular formula is C24H30F2N8O2. The molecule has 1 atom stereocenters. The number of nitrogens with zero attached hydrogens (tertiary/aromatic N) is 7. The average molecular weight is 501 g/mol. The van der Waals surface area contributed by atoms with Crippen LogP contribution in [0.4, 0.5) is 20.2 Å². The molecule has 3 fully saturated rings. The maximum Gasteiger partial charge on any atom is 0.225 e. The molecule has 0 saturated carbocycles. The van der Waals surface area contributed by atoms with Gasteiger partial charge in [0, 0.05) is 32.1 Å². The van der Waals surface area contributed by atoms with E-state index in [4.69, 9.17) is 10.5 Å². The molecule has 10 nitrogen and oxygen atoms in total. The fraction of sp³-hybridized carbons (Fsp3) is 0.542. The third-order valence-corrected chi connectivity index (χ3v) is 7.66. The monoisotopic (exact) mass is 500 g/mol. The number of carbonyl (C=O) groups excluding carboxylic acids is 1. The number of rotatable bonds is 4. The number of hydrogen-bond donors (Lipinski definition) is 1. The number of anilines is 2. The van der Waals surface area contributed by atoms with Crippen LogP contribution in [0.1, 0.15) is 12.8 Å². The molecule has 2 N–H and O–H groups in total. The quantitative estimate of drug-likeness (QED) is 0.656. The molecule has 5 aliphatic rings. The van der Waals surface area contributed by atoms with Gasteiger partial charge in [0.1, 0.15) is 17.5 Å². The lowest BCUT2D eigenvalue weighted by Gasteiger charge is -2.43. The van der Waals surface area contributed by atoms with Crippen LogP contribution >= 0.6 is 0 Å². The molecule has 12 heteroatoms. The lowest BCUT2D eigenvalue weighted by molar-refractivity contribution is -0.138. The number of hydrogen-bond acceptors (Lipinski definition) is 9. The Hall–Kier alpha value is -3.09. The van der Waals surface area contributed by atoms with Crippen molar-refractivity contribution in [3.8, 4) is 0 Å². The Bertz CT molecular complexity index is 1110. The summed E-state index contributed by atoms with van der Waals surface area (Å²) >= 11 is 0. The van der Waals surface area contributed by atoms with E-state index in [2.05, 4.69) is 14.9 Å². The van der Waals surface area contributed by atoms with Crippen LogP contribution in [0.25, 0.3) is 0 Å². The van der Waals surface area contributed by atoms with E-state index < -0.39 is 17.8 Å². The van der Waals surface area contributed by atoms with Crippen molar-refractivity contribution in [3.63, 3.8) is 0 Å². The van der Waals surface area contributed by atoms with Crippen molar-refractivity contribution in [2.45, 2.75) is 25.0 Å². The van der Waals surface area contributed by atoms with Crippen molar-refractivity contribution < 1.29 is 18.3 Å². The highest BCUT2D eigenvalue weighted by atomic mass is 19.1. The molecular weight excluding hydrogens is 470 g/mol. The highest BCUT2D eigenvalue weighted by molar-refractivity contribution is 5.80. The first-order chi connectivity index (χ1) is 17.5. The van der Waals surface area contributed by atoms with E-state index in [0.717, 1.165) is 51.6 Å². The van der Waals surface area contributed by atoms with E-state index in [9.17, 15) is 9.18 Å². The van der Waals surface area contributed by atoms with Gasteiger partial charge < -0.3 is 20.3 Å². The van der Waals surface area contributed by atoms with E-state index in [0.29, 0.717) is 49.4 Å². The SMILES string of the molecule is NC1C=C2N=CC(F)=CN2N1c1cncc(F)c1N1CCN(C(=O)C2CCN(C3COC3)CC2)CC1. The summed E-state index contributed by atoms with van der Waals surface area (Å²) in [5, 5.41) is 3.05. The summed E-state index contributed by atoms with van der Waals surface area (Å²) in [5.41, 5.74) is 7.05. The van der Waals surface area contributed by atoms with E-state index in [1.165, 1.54) is 17.4 Å². The van der Waals surface area contributed by atoms with Gasteiger partial charge in [-0.05, 0) is 32.0 Å². The van der Waals surface area contributed by atoms with Crippen molar-refractivity contribution in [2.24, 2.45) is 16.6 Å². The molecule has 6 rings (SSSR count). The van der Waals surface area contributed by atoms with Gasteiger partial charge in [0.2, 0.25) is 5.91 Å². The normalized spacial score (nSPS) is 25.6. The number of ether oxygens (including phenoxy) is 1. The molecule has 0 spiro atoms. The zero-order valence-corrected chi connectivity index (χ0v) is 20.0. The van der Waals surface area contributed by atoms with Gasteiger partial charge in [-0.3, -0.25) is 19.7 Å². The van der Waals surface area contributed by atoms with Crippen LogP contribution < -0.4 is 15.6 Å². The summed E-state index contributed by atoms with van der Waals surface area (Å²) in [6, 6.07) is 0.507. The summed E-state index contributed by atoms with van der Waals surface area (Å²) in [6.45, 7) is 5.42. The number of fused-ring (bicyclic) bond motifs is 1. The number of nitrogens with two attached hydrogens (primary N) is 1. The molecule has 0 radical (unpaired) electrons. The fourth-order valence-corrected chi connectivity index (χ4v) is 5.59. The topological polar surface area (TPSA) is 93.8 Å². The zero-order chi connectivity index (χ0) is 24.8. The number of halogens is 2. The van der Waals surface area contributed by atoms with E-state index in [-0.39, 0.29) is 11.8 Å². The standard InChI is InChI=1S/C24H30F2N8O2/c25-17-10-29-22-9-21(27)34(33(22)13-17)20-12-28-11-19(26)23(20)31-5-7-32(8-6-31)24(35)16-1-3-30(4-2-16)18-14-36-15-18/h9-13,16,18,21H,1-8,14-15,27H2. The first kappa shape index (κ1) is 23.3. The minimum atomic E-state index is -0.665. The number of aliphatic imine (C=N–C) groups is 1. The van der Waals surface area contributed by atoms with Gasteiger partial charge >= 0.3 is 0 Å². The summed E-state index contributed by atoms with van der Waals surface area (Å²) in [7, 11) is 0. The number of hydrazine groups is 1. The maximum atomic E-state index is 15.2. The zero-order valence-electron chi connectivity index (χ0n) is 20.0. The summed E-state index contributed by atoms with van der Waals surface area (Å²) < 4.78 is 34.4. The van der Waals surface area contributed by atoms with Crippen molar-refractivity contribution >= 4 is 23.5 Å². The highest BCUT2D eigenvalue weighted by Gasteiger charge is 2.37. The number of amides is 1. The summed E-state index contributed by atoms with van der Waals surface area (Å²) in [6.07, 6.45) is 7.81. The van der Waals surface area contributed by atoms with Gasteiger partial charge in [-0.15, -0.1) is 0 Å². The third-order valence-electron chi connectivity index (χ3n) is 7.66. The number of carbonyl (C=O) groups is 1. The highest BCUT2D eigenvalue weighted by Crippen LogP contribution is 2.38. The van der Waals surface area contributed by atoms with Gasteiger partial charge in [-0.1, -0.05) is 0 Å². The van der Waals surface area contributed by atoms with Crippen LogP contribution in [-0.4, -0.2) is 96.6 Å². The number of piperidine rings is 1. The minimum absolute atomic E-state index is 0.0375. The fourth-order valence-electron chi connectivity index (χ4n) is 5.59. The van der Waals surface area contributed by atoms with E-state index >= 15 is 4.39 Å². The predicted octanol–water partition coefficient (Wildman–Crippen LogP) is 1.04. The van der Waals surface area contributed by atoms with Gasteiger partial charge in [-0.2, -0.15) is 0 Å². The Labute approximate surface area is 208 Å². The van der Waals surface area contributed by atoms with Crippen molar-refractivity contribution in [2.75, 3.05) is 62.4 Å². The average Bonchev–Trinajstić information content (AvgIpc) is 3.17. The molecule has 36 heavy (non-hydrogen) atoms. The minimum Gasteiger partial charge on any atom is -0.378 e. The van der Waals surface area contributed by atoms with Crippen LogP contribution in [0.5, 0.6) is 0 Å². The maximum absolute atomic E-state index is 15.2. The molecule has 192 valence electrons. The second-order valence-corrected chi connectivity index (χ2v) is 9.78. The molecule has 3 saturated heterocycles. The number of allylic oxidation sites excluding steroid dienone is 1. The Morgan fingerprint density at radius 1 is 1.06 bits per heavy atom. The second kappa shape index (κ2) is 9.41. The van der Waals surface area contributed by atoms with E-state index in [1.54, 1.807) is 11.1 Å². The third kappa shape index (κ3) is 4.12. The summed E-state index contributed by atoms with van der Waals surface area (Å²) in [5.74, 6) is -0.334. The molecule has 0 aromatic carbocycles. The molecule has 1 amide bonds. The van der Waals surface area contributed by atoms with Crippen LogP contribution in [0.15, 0.2) is 41.3 Å². The smallest absolute Gasteiger partial charge is 0.225 e. The second-order valence-electron chi connectivity index (χ2n) is 9.78. The van der Waals surface area contributed by atoms with E-state index in [1.807, 2.05) is 9.80 Å². The number of piperazine rings is 1. The Morgan fingerprint density at radius 2 is 1.81 bits per heavy atom. The van der Waals surface area contributed by atoms with Crippen molar-refractivity contribution in [3.05, 3.63) is 42.1 Å². The Balaban J connectivity index is 1.13. The van der Waals surface area contributed by atoms with Gasteiger partial charge in [0.15, 0.2) is 17.5 Å². The summed E-state index contributed by atoms with van der Waals surface area (Å²) in [4.78, 5) is 27.6. The number of likely N-dealkylation sites (tertiary alicyclic amines) is 1. The molecule has 1 aromatic heterocycles. The van der Waals surface area contributed by atoms with Crippen LogP contribution in [0.3, 0.4) is 0 Å². The van der Waals surface area contributed by atoms with Crippen molar-refractivity contribution in [1.29, 1.82) is 0 Å². The van der Waals surface area contributed by atoms with Crippen LogP contribution in [0.2, 0.25) is 0 Å². The van der Waals surface area contributed by atoms with Crippen LogP contribution in [0, 0.1) is 11.7 Å². The van der Waals surface area contributed by atoms with Crippen molar-refractivity contribution in [1.82, 2.24) is 19.8 Å². The first-order valence-corrected chi connectivity index (χ1v) is 12.5. The van der Waals surface area contributed by atoms with Gasteiger partial charge in [0.25, 0.3) is 0 Å². The largest absolute Gasteiger partial charge is 0.378 e. The Kier molecular flexibility index (Phi) is 6.10. The first-order valence-electron chi connectivity index (χ1n) is 12.5. The van der Waals surface area contributed by atoms with Gasteiger partial charge in [0.05, 0.1) is 44.1 Å². The molecule has 1 aromatic rings. The lowest BCUT2D eigenvalue weighted by atomic mass is 9.93. The van der Waals surface area contributed by atoms with Crippen LogP contribution in [-0.2, 0) is 9.53 Å². The molecule has 1 unspecified atom stereocenters. The Morgan fingerprint density at radius 3 is 2.50 bits per heavy atom. The predicted molar refractivity (Wildman–Crippen MR) is 130 cm³/mol. The number of aromatic nitrogens is 1. The molecule has 6 heterocycles. The molecule has 0 bridgehead atoms. The molecule has 0 aliphatic carbocycles. The van der Waals surface area contributed by atoms with Gasteiger partial charge in [-0.25, -0.2) is 18.8 Å². The molecule has 5 aliphatic heterocycles.